The van der Waals surface area contributed by atoms with Gasteiger partial charge in [-0.25, -0.2) is 10.2 Å². The van der Waals surface area contributed by atoms with Crippen LogP contribution in [0.5, 0.6) is 0 Å². The van der Waals surface area contributed by atoms with Crippen molar-refractivity contribution in [3.8, 4) is 0 Å². The van der Waals surface area contributed by atoms with Crippen molar-refractivity contribution in [1.82, 2.24) is 10.9 Å². The van der Waals surface area contributed by atoms with Gasteiger partial charge in [0, 0.05) is 7.11 Å². The highest BCUT2D eigenvalue weighted by atomic mass is 16.6. The fraction of sp³-hybridized carbons (Fsp3) is 0.917. The van der Waals surface area contributed by atoms with E-state index in [0.29, 0.717) is 0 Å². The molecule has 2 N–H and O–H groups in total. The van der Waals surface area contributed by atoms with Gasteiger partial charge in [0.25, 0.3) is 0 Å². The molecule has 5 nitrogen and oxygen atoms in total. The largest absolute Gasteiger partial charge is 0.443 e. The lowest BCUT2D eigenvalue weighted by atomic mass is 9.93. The molecular weight excluding hydrogens is 220 g/mol. The Labute approximate surface area is 103 Å². The molecule has 5 heteroatoms. The number of ether oxygens (including phenoxy) is 2. The second-order valence-electron chi connectivity index (χ2n) is 5.44. The Morgan fingerprint density at radius 1 is 1.24 bits per heavy atom. The van der Waals surface area contributed by atoms with Gasteiger partial charge < -0.3 is 9.47 Å². The quantitative estimate of drug-likeness (QED) is 0.745. The molecule has 0 heterocycles. The van der Waals surface area contributed by atoms with E-state index in [1.165, 1.54) is 6.42 Å². The van der Waals surface area contributed by atoms with Crippen molar-refractivity contribution in [1.29, 1.82) is 0 Å². The third-order valence-electron chi connectivity index (χ3n) is 2.76. The van der Waals surface area contributed by atoms with Crippen molar-refractivity contribution in [2.45, 2.75) is 64.2 Å². The number of methoxy groups -OCH3 is 1. The number of nitrogens with one attached hydrogen (secondary N) is 2. The van der Waals surface area contributed by atoms with Crippen LogP contribution in [0.4, 0.5) is 4.79 Å². The van der Waals surface area contributed by atoms with Gasteiger partial charge in [-0.2, -0.15) is 0 Å². The SMILES string of the molecule is COC1CCCCC1NNC(=O)OC(C)(C)C. The van der Waals surface area contributed by atoms with Gasteiger partial charge in [0.15, 0.2) is 0 Å². The summed E-state index contributed by atoms with van der Waals surface area (Å²) in [4.78, 5) is 11.5. The smallest absolute Gasteiger partial charge is 0.422 e. The highest BCUT2D eigenvalue weighted by Gasteiger charge is 2.25. The van der Waals surface area contributed by atoms with Crippen LogP contribution in [0.15, 0.2) is 0 Å². The minimum Gasteiger partial charge on any atom is -0.443 e. The molecule has 1 fully saturated rings. The zero-order chi connectivity index (χ0) is 12.9. The Hall–Kier alpha value is -0.810. The Bertz CT molecular complexity index is 251. The van der Waals surface area contributed by atoms with E-state index in [1.54, 1.807) is 7.11 Å². The summed E-state index contributed by atoms with van der Waals surface area (Å²) < 4.78 is 10.5. The fourth-order valence-electron chi connectivity index (χ4n) is 2.00. The lowest BCUT2D eigenvalue weighted by Gasteiger charge is -2.31. The maximum Gasteiger partial charge on any atom is 0.422 e. The predicted octanol–water partition coefficient (Wildman–Crippen LogP) is 1.97. The van der Waals surface area contributed by atoms with E-state index in [4.69, 9.17) is 9.47 Å². The van der Waals surface area contributed by atoms with Crippen molar-refractivity contribution in [3.05, 3.63) is 0 Å². The van der Waals surface area contributed by atoms with Crippen LogP contribution in [0.2, 0.25) is 0 Å². The monoisotopic (exact) mass is 244 g/mol. The van der Waals surface area contributed by atoms with Crippen LogP contribution in [0.1, 0.15) is 46.5 Å². The minimum atomic E-state index is -0.473. The van der Waals surface area contributed by atoms with Crippen molar-refractivity contribution in [2.24, 2.45) is 0 Å². The van der Waals surface area contributed by atoms with E-state index >= 15 is 0 Å². The first-order valence-corrected chi connectivity index (χ1v) is 6.19. The summed E-state index contributed by atoms with van der Waals surface area (Å²) in [6, 6.07) is 0.168. The molecule has 1 rings (SSSR count). The fourth-order valence-corrected chi connectivity index (χ4v) is 2.00. The highest BCUT2D eigenvalue weighted by Crippen LogP contribution is 2.20. The summed E-state index contributed by atoms with van der Waals surface area (Å²) in [7, 11) is 1.71. The summed E-state index contributed by atoms with van der Waals surface area (Å²) >= 11 is 0. The molecule has 0 radical (unpaired) electrons. The first-order chi connectivity index (χ1) is 7.92. The van der Waals surface area contributed by atoms with Crippen LogP contribution in [0.3, 0.4) is 0 Å². The summed E-state index contributed by atoms with van der Waals surface area (Å²) in [5, 5.41) is 0. The number of hydrazine groups is 1. The number of carbonyl (C=O) groups is 1. The molecule has 0 bridgehead atoms. The van der Waals surface area contributed by atoms with Gasteiger partial charge in [-0.15, -0.1) is 0 Å². The van der Waals surface area contributed by atoms with Crippen LogP contribution in [-0.4, -0.2) is 30.9 Å². The van der Waals surface area contributed by atoms with Crippen LogP contribution >= 0.6 is 0 Å². The van der Waals surface area contributed by atoms with Crippen LogP contribution in [0, 0.1) is 0 Å². The Morgan fingerprint density at radius 3 is 2.47 bits per heavy atom. The highest BCUT2D eigenvalue weighted by molar-refractivity contribution is 5.67. The topological polar surface area (TPSA) is 59.6 Å². The summed E-state index contributed by atoms with van der Waals surface area (Å²) in [6.07, 6.45) is 4.10. The molecule has 2 unspecified atom stereocenters. The Balaban J connectivity index is 2.31. The molecule has 17 heavy (non-hydrogen) atoms. The first kappa shape index (κ1) is 14.3. The molecule has 1 aliphatic carbocycles. The number of rotatable bonds is 3. The van der Waals surface area contributed by atoms with Gasteiger partial charge in [-0.3, -0.25) is 5.43 Å². The number of carbonyl (C=O) groups excluding carboxylic acids is 1. The lowest BCUT2D eigenvalue weighted by molar-refractivity contribution is 0.0256. The molecule has 0 aromatic carbocycles. The number of amides is 1. The van der Waals surface area contributed by atoms with Crippen molar-refractivity contribution in [3.63, 3.8) is 0 Å². The van der Waals surface area contributed by atoms with Gasteiger partial charge in [-0.1, -0.05) is 12.8 Å². The average Bonchev–Trinajstić information content (AvgIpc) is 2.24. The molecule has 1 saturated carbocycles. The standard InChI is InChI=1S/C12H24N2O3/c1-12(2,3)17-11(15)14-13-9-7-5-6-8-10(9)16-4/h9-10,13H,5-8H2,1-4H3,(H,14,15). The van der Waals surface area contributed by atoms with E-state index in [0.717, 1.165) is 19.3 Å². The molecule has 0 aromatic rings. The third-order valence-corrected chi connectivity index (χ3v) is 2.76. The molecule has 1 aliphatic rings. The van der Waals surface area contributed by atoms with Gasteiger partial charge in [0.2, 0.25) is 0 Å². The van der Waals surface area contributed by atoms with Gasteiger partial charge in [-0.05, 0) is 33.6 Å². The zero-order valence-corrected chi connectivity index (χ0v) is 11.2. The average molecular weight is 244 g/mol. The summed E-state index contributed by atoms with van der Waals surface area (Å²) in [5.41, 5.74) is 5.10. The maximum absolute atomic E-state index is 11.5. The molecule has 0 aromatic heterocycles. The Morgan fingerprint density at radius 2 is 1.88 bits per heavy atom. The second kappa shape index (κ2) is 6.21. The third kappa shape index (κ3) is 5.37. The van der Waals surface area contributed by atoms with Gasteiger partial charge in [0.1, 0.15) is 5.60 Å². The van der Waals surface area contributed by atoms with Crippen molar-refractivity contribution in [2.75, 3.05) is 7.11 Å². The van der Waals surface area contributed by atoms with Crippen LogP contribution in [0.25, 0.3) is 0 Å². The number of hydrogen-bond acceptors (Lipinski definition) is 4. The predicted molar refractivity (Wildman–Crippen MR) is 65.6 cm³/mol. The Kier molecular flexibility index (Phi) is 5.21. The van der Waals surface area contributed by atoms with Crippen molar-refractivity contribution < 1.29 is 14.3 Å². The van der Waals surface area contributed by atoms with Gasteiger partial charge in [0.05, 0.1) is 12.1 Å². The van der Waals surface area contributed by atoms with E-state index in [-0.39, 0.29) is 12.1 Å². The van der Waals surface area contributed by atoms with Gasteiger partial charge >= 0.3 is 6.09 Å². The molecule has 0 saturated heterocycles. The van der Waals surface area contributed by atoms with Crippen LogP contribution < -0.4 is 10.9 Å². The van der Waals surface area contributed by atoms with E-state index in [1.807, 2.05) is 20.8 Å². The summed E-state index contributed by atoms with van der Waals surface area (Å²) in [5.74, 6) is 0. The maximum atomic E-state index is 11.5. The lowest BCUT2D eigenvalue weighted by Crippen LogP contribution is -2.52. The molecule has 0 spiro atoms. The van der Waals surface area contributed by atoms with E-state index < -0.39 is 11.7 Å². The first-order valence-electron chi connectivity index (χ1n) is 6.19. The second-order valence-corrected chi connectivity index (χ2v) is 5.44. The molecule has 0 aliphatic heterocycles. The minimum absolute atomic E-state index is 0.165. The molecule has 2 atom stereocenters. The van der Waals surface area contributed by atoms with Crippen molar-refractivity contribution >= 4 is 6.09 Å². The van der Waals surface area contributed by atoms with Crippen LogP contribution in [-0.2, 0) is 9.47 Å². The molecular formula is C12H24N2O3. The molecule has 1 amide bonds. The zero-order valence-electron chi connectivity index (χ0n) is 11.2. The number of hydrogen-bond donors (Lipinski definition) is 2. The van der Waals surface area contributed by atoms with E-state index in [2.05, 4.69) is 10.9 Å². The summed E-state index contributed by atoms with van der Waals surface area (Å²) in [6.45, 7) is 5.52. The normalized spacial score (nSPS) is 25.4. The van der Waals surface area contributed by atoms with E-state index in [9.17, 15) is 4.79 Å². The molecule has 100 valence electrons.